The first-order chi connectivity index (χ1) is 9.86. The van der Waals surface area contributed by atoms with E-state index in [9.17, 15) is 0 Å². The minimum atomic E-state index is 0.400. The molecule has 0 aliphatic heterocycles. The summed E-state index contributed by atoms with van der Waals surface area (Å²) in [6.45, 7) is 2.85. The Hall–Kier alpha value is -2.48. The Labute approximate surface area is 120 Å². The van der Waals surface area contributed by atoms with Crippen molar-refractivity contribution in [3.05, 3.63) is 71.3 Å². The van der Waals surface area contributed by atoms with Crippen LogP contribution in [0.1, 0.15) is 16.7 Å². The molecule has 2 aromatic rings. The fourth-order valence-corrected chi connectivity index (χ4v) is 1.66. The normalized spacial score (nSPS) is 9.05. The van der Waals surface area contributed by atoms with Crippen LogP contribution in [0.15, 0.2) is 54.6 Å². The summed E-state index contributed by atoms with van der Waals surface area (Å²) in [4.78, 5) is 0. The Morgan fingerprint density at radius 2 is 1.45 bits per heavy atom. The molecule has 0 aliphatic carbocycles. The van der Waals surface area contributed by atoms with Crippen molar-refractivity contribution >= 4 is 0 Å². The third-order valence-corrected chi connectivity index (χ3v) is 2.72. The molecule has 98 valence electrons. The molecule has 0 saturated carbocycles. The maximum Gasteiger partial charge on any atom is 0.109 e. The average molecular weight is 260 g/mol. The maximum absolute atomic E-state index is 5.37. The van der Waals surface area contributed by atoms with Gasteiger partial charge in [0.1, 0.15) is 13.2 Å². The van der Waals surface area contributed by atoms with E-state index in [0.29, 0.717) is 13.2 Å². The van der Waals surface area contributed by atoms with Crippen LogP contribution in [0.3, 0.4) is 0 Å². The Morgan fingerprint density at radius 3 is 2.20 bits per heavy atom. The lowest BCUT2D eigenvalue weighted by Crippen LogP contribution is -1.91. The van der Waals surface area contributed by atoms with Gasteiger partial charge in [-0.3, -0.25) is 0 Å². The highest BCUT2D eigenvalue weighted by Gasteiger charge is 1.89. The highest BCUT2D eigenvalue weighted by Crippen LogP contribution is 2.04. The molecule has 0 bridgehead atoms. The predicted octanol–water partition coefficient (Wildman–Crippen LogP) is 3.41. The van der Waals surface area contributed by atoms with E-state index in [0.717, 1.165) is 11.1 Å². The molecular formula is C19H16O. The van der Waals surface area contributed by atoms with Crippen molar-refractivity contribution in [1.82, 2.24) is 0 Å². The third-order valence-electron chi connectivity index (χ3n) is 2.72. The molecule has 2 aromatic carbocycles. The predicted molar refractivity (Wildman–Crippen MR) is 82.2 cm³/mol. The zero-order valence-electron chi connectivity index (χ0n) is 11.5. The van der Waals surface area contributed by atoms with E-state index in [2.05, 4.69) is 36.7 Å². The summed E-state index contributed by atoms with van der Waals surface area (Å²) in [5.41, 5.74) is 3.23. The van der Waals surface area contributed by atoms with Gasteiger partial charge in [-0.05, 0) is 30.7 Å². The molecule has 0 heterocycles. The van der Waals surface area contributed by atoms with Crippen LogP contribution in [0.25, 0.3) is 0 Å². The van der Waals surface area contributed by atoms with Crippen LogP contribution in [0, 0.1) is 30.6 Å². The standard InChI is InChI=1S/C19H16O/c1-17-9-5-6-13-19(17)14-8-16-20-15-7-12-18-10-3-2-4-11-18/h2-6,9-11,13H,15-16H2,1H3. The minimum absolute atomic E-state index is 0.400. The fourth-order valence-electron chi connectivity index (χ4n) is 1.66. The summed E-state index contributed by atoms with van der Waals surface area (Å²) in [6.07, 6.45) is 0. The van der Waals surface area contributed by atoms with Crippen molar-refractivity contribution in [2.75, 3.05) is 13.2 Å². The summed E-state index contributed by atoms with van der Waals surface area (Å²) in [5, 5.41) is 0. The number of rotatable bonds is 2. The minimum Gasteiger partial charge on any atom is -0.356 e. The monoisotopic (exact) mass is 260 g/mol. The molecule has 0 N–H and O–H groups in total. The van der Waals surface area contributed by atoms with Crippen LogP contribution < -0.4 is 0 Å². The van der Waals surface area contributed by atoms with Crippen molar-refractivity contribution < 1.29 is 4.74 Å². The molecule has 20 heavy (non-hydrogen) atoms. The van der Waals surface area contributed by atoms with Crippen LogP contribution in [-0.2, 0) is 4.74 Å². The molecule has 0 unspecified atom stereocenters. The van der Waals surface area contributed by atoms with Crippen LogP contribution in [0.5, 0.6) is 0 Å². The van der Waals surface area contributed by atoms with E-state index in [4.69, 9.17) is 4.74 Å². The van der Waals surface area contributed by atoms with E-state index >= 15 is 0 Å². The van der Waals surface area contributed by atoms with Crippen LogP contribution >= 0.6 is 0 Å². The Bertz CT molecular complexity index is 663. The first kappa shape index (κ1) is 13.9. The molecule has 0 spiro atoms. The number of aryl methyl sites for hydroxylation is 1. The molecule has 2 rings (SSSR count). The smallest absolute Gasteiger partial charge is 0.109 e. The van der Waals surface area contributed by atoms with E-state index in [1.807, 2.05) is 48.5 Å². The number of hydrogen-bond acceptors (Lipinski definition) is 1. The van der Waals surface area contributed by atoms with Crippen molar-refractivity contribution in [2.45, 2.75) is 6.92 Å². The first-order valence-corrected chi connectivity index (χ1v) is 6.52. The highest BCUT2D eigenvalue weighted by atomic mass is 16.5. The SMILES string of the molecule is Cc1ccccc1C#CCOCC#Cc1ccccc1. The van der Waals surface area contributed by atoms with Crippen molar-refractivity contribution in [3.63, 3.8) is 0 Å². The Balaban J connectivity index is 1.76. The van der Waals surface area contributed by atoms with Gasteiger partial charge in [-0.2, -0.15) is 0 Å². The van der Waals surface area contributed by atoms with Crippen LogP contribution in [0.2, 0.25) is 0 Å². The van der Waals surface area contributed by atoms with Gasteiger partial charge in [0.2, 0.25) is 0 Å². The summed E-state index contributed by atoms with van der Waals surface area (Å²) in [6, 6.07) is 17.9. The quantitative estimate of drug-likeness (QED) is 0.594. The van der Waals surface area contributed by atoms with E-state index in [1.165, 1.54) is 5.56 Å². The van der Waals surface area contributed by atoms with Gasteiger partial charge in [-0.25, -0.2) is 0 Å². The van der Waals surface area contributed by atoms with E-state index in [-0.39, 0.29) is 0 Å². The van der Waals surface area contributed by atoms with Crippen LogP contribution in [-0.4, -0.2) is 13.2 Å². The van der Waals surface area contributed by atoms with Gasteiger partial charge in [0, 0.05) is 11.1 Å². The van der Waals surface area contributed by atoms with Gasteiger partial charge in [-0.15, -0.1) is 0 Å². The molecule has 0 amide bonds. The Kier molecular flexibility index (Phi) is 5.47. The fraction of sp³-hybridized carbons (Fsp3) is 0.158. The topological polar surface area (TPSA) is 9.23 Å². The van der Waals surface area contributed by atoms with Crippen molar-refractivity contribution in [2.24, 2.45) is 0 Å². The molecular weight excluding hydrogens is 244 g/mol. The van der Waals surface area contributed by atoms with Gasteiger partial charge < -0.3 is 4.74 Å². The second kappa shape index (κ2) is 7.85. The number of benzene rings is 2. The van der Waals surface area contributed by atoms with Crippen molar-refractivity contribution in [3.8, 4) is 23.7 Å². The highest BCUT2D eigenvalue weighted by molar-refractivity contribution is 5.40. The zero-order chi connectivity index (χ0) is 14.0. The lowest BCUT2D eigenvalue weighted by molar-refractivity contribution is 0.204. The largest absolute Gasteiger partial charge is 0.356 e. The molecule has 1 nitrogen and oxygen atoms in total. The Morgan fingerprint density at radius 1 is 0.800 bits per heavy atom. The second-order valence-electron chi connectivity index (χ2n) is 4.28. The van der Waals surface area contributed by atoms with E-state index < -0.39 is 0 Å². The number of hydrogen-bond donors (Lipinski definition) is 0. The molecule has 0 aromatic heterocycles. The van der Waals surface area contributed by atoms with Crippen molar-refractivity contribution in [1.29, 1.82) is 0 Å². The lowest BCUT2D eigenvalue weighted by atomic mass is 10.1. The van der Waals surface area contributed by atoms with Crippen LogP contribution in [0.4, 0.5) is 0 Å². The third kappa shape index (κ3) is 4.65. The molecule has 0 radical (unpaired) electrons. The van der Waals surface area contributed by atoms with Gasteiger partial charge in [0.25, 0.3) is 0 Å². The molecule has 0 aliphatic rings. The zero-order valence-corrected chi connectivity index (χ0v) is 11.5. The maximum atomic E-state index is 5.37. The average Bonchev–Trinajstić information content (AvgIpc) is 2.49. The lowest BCUT2D eigenvalue weighted by Gasteiger charge is -1.95. The summed E-state index contributed by atoms with van der Waals surface area (Å²) < 4.78 is 5.37. The van der Waals surface area contributed by atoms with Gasteiger partial charge in [0.05, 0.1) is 0 Å². The first-order valence-electron chi connectivity index (χ1n) is 6.52. The second-order valence-corrected chi connectivity index (χ2v) is 4.28. The van der Waals surface area contributed by atoms with Gasteiger partial charge in [0.15, 0.2) is 0 Å². The molecule has 0 saturated heterocycles. The summed E-state index contributed by atoms with van der Waals surface area (Å²) in [5.74, 6) is 12.1. The number of ether oxygens (including phenoxy) is 1. The molecule has 1 heteroatoms. The van der Waals surface area contributed by atoms with Gasteiger partial charge >= 0.3 is 0 Å². The molecule has 0 fully saturated rings. The molecule has 0 atom stereocenters. The van der Waals surface area contributed by atoms with Gasteiger partial charge in [-0.1, -0.05) is 60.1 Å². The summed E-state index contributed by atoms with van der Waals surface area (Å²) >= 11 is 0. The summed E-state index contributed by atoms with van der Waals surface area (Å²) in [7, 11) is 0. The van der Waals surface area contributed by atoms with E-state index in [1.54, 1.807) is 0 Å².